The predicted molar refractivity (Wildman–Crippen MR) is 128 cm³/mol. The van der Waals surface area contributed by atoms with E-state index in [0.29, 0.717) is 49.6 Å². The molecule has 0 radical (unpaired) electrons. The molecule has 5 atom stereocenters. The number of fused-ring (bicyclic) bond motifs is 1. The smallest absolute Gasteiger partial charge is 0.306 e. The van der Waals surface area contributed by atoms with Crippen LogP contribution in [0.15, 0.2) is 4.99 Å². The Kier molecular flexibility index (Phi) is 7.09. The van der Waals surface area contributed by atoms with Crippen LogP contribution in [0.25, 0.3) is 0 Å². The summed E-state index contributed by atoms with van der Waals surface area (Å²) in [6.07, 6.45) is 10.3. The summed E-state index contributed by atoms with van der Waals surface area (Å²) in [4.78, 5) is 31.9. The maximum atomic E-state index is 13.4. The van der Waals surface area contributed by atoms with Crippen LogP contribution in [0.1, 0.15) is 77.0 Å². The summed E-state index contributed by atoms with van der Waals surface area (Å²) >= 11 is 0. The van der Waals surface area contributed by atoms with Gasteiger partial charge in [0.1, 0.15) is 11.6 Å². The number of unbranched alkanes of at least 4 members (excludes halogenated alkanes) is 1. The van der Waals surface area contributed by atoms with Crippen LogP contribution in [0.5, 0.6) is 0 Å². The monoisotopic (exact) mass is 472 g/mol. The van der Waals surface area contributed by atoms with Crippen molar-refractivity contribution in [1.82, 2.24) is 4.90 Å². The molecule has 6 N–H and O–H groups in total. The van der Waals surface area contributed by atoms with Crippen molar-refractivity contribution in [2.75, 3.05) is 13.6 Å². The maximum Gasteiger partial charge on any atom is 0.306 e. The van der Waals surface area contributed by atoms with Gasteiger partial charge in [0.25, 0.3) is 0 Å². The minimum Gasteiger partial charge on any atom is -0.459 e. The summed E-state index contributed by atoms with van der Waals surface area (Å²) in [5, 5.41) is 9.50. The molecule has 6 fully saturated rings. The number of esters is 1. The van der Waals surface area contributed by atoms with Gasteiger partial charge in [0.2, 0.25) is 5.91 Å². The van der Waals surface area contributed by atoms with Gasteiger partial charge < -0.3 is 26.8 Å². The summed E-state index contributed by atoms with van der Waals surface area (Å²) in [6, 6.07) is 2.40. The van der Waals surface area contributed by atoms with Crippen molar-refractivity contribution in [1.29, 1.82) is 5.26 Å². The number of amides is 1. The topological polar surface area (TPSA) is 161 Å². The number of nitrogens with two attached hydrogens (primary N) is 3. The minimum atomic E-state index is -0.400. The van der Waals surface area contributed by atoms with Crippen LogP contribution in [0, 0.1) is 34.5 Å². The summed E-state index contributed by atoms with van der Waals surface area (Å²) in [5.41, 5.74) is 14.7. The lowest BCUT2D eigenvalue weighted by Gasteiger charge is -2.61. The molecule has 9 nitrogen and oxygen atoms in total. The van der Waals surface area contributed by atoms with Gasteiger partial charge in [-0.1, -0.05) is 0 Å². The van der Waals surface area contributed by atoms with Crippen molar-refractivity contribution in [3.8, 4) is 6.07 Å². The molecule has 4 bridgehead atoms. The Morgan fingerprint density at radius 3 is 2.44 bits per heavy atom. The molecule has 5 unspecified atom stereocenters. The number of ether oxygens (including phenoxy) is 1. The summed E-state index contributed by atoms with van der Waals surface area (Å²) in [6.45, 7) is 0.526. The Balaban J connectivity index is 0.00000133. The Hall–Kier alpha value is -2.34. The fourth-order valence-electron chi connectivity index (χ4n) is 7.92. The molecule has 1 saturated heterocycles. The van der Waals surface area contributed by atoms with E-state index in [9.17, 15) is 14.9 Å². The summed E-state index contributed by atoms with van der Waals surface area (Å²) in [7, 11) is 1.50. The third kappa shape index (κ3) is 5.02. The van der Waals surface area contributed by atoms with Crippen LogP contribution < -0.4 is 17.2 Å². The van der Waals surface area contributed by atoms with E-state index >= 15 is 0 Å². The van der Waals surface area contributed by atoms with Crippen LogP contribution in [-0.2, 0) is 14.3 Å². The lowest BCUT2D eigenvalue weighted by atomic mass is 9.47. The summed E-state index contributed by atoms with van der Waals surface area (Å²) in [5.74, 6) is 1.72. The molecule has 0 aromatic rings. The average Bonchev–Trinajstić information content (AvgIpc) is 3.42. The first-order valence-corrected chi connectivity index (χ1v) is 12.9. The van der Waals surface area contributed by atoms with Crippen molar-refractivity contribution in [3.05, 3.63) is 0 Å². The fourth-order valence-corrected chi connectivity index (χ4v) is 7.92. The number of rotatable bonds is 8. The van der Waals surface area contributed by atoms with Gasteiger partial charge in [-0.05, 0) is 94.4 Å². The molecule has 34 heavy (non-hydrogen) atoms. The van der Waals surface area contributed by atoms with E-state index in [1.807, 2.05) is 4.90 Å². The third-order valence-electron chi connectivity index (χ3n) is 8.61. The molecule has 1 heterocycles. The number of aliphatic imine (C=N–C) groups is 1. The normalized spacial score (nSPS) is 38.3. The van der Waals surface area contributed by atoms with Crippen molar-refractivity contribution in [2.45, 2.75) is 94.7 Å². The minimum absolute atomic E-state index is 0.0677. The molecular formula is C25H40N6O3. The lowest BCUT2D eigenvalue weighted by Crippen LogP contribution is -2.58. The molecule has 9 heteroatoms. The number of carbonyl (C=O) groups is 2. The second-order valence-corrected chi connectivity index (χ2v) is 11.3. The zero-order chi connectivity index (χ0) is 24.5. The van der Waals surface area contributed by atoms with E-state index in [0.717, 1.165) is 51.4 Å². The van der Waals surface area contributed by atoms with Crippen LogP contribution >= 0.6 is 0 Å². The van der Waals surface area contributed by atoms with Gasteiger partial charge in [-0.2, -0.15) is 5.26 Å². The fraction of sp³-hybridized carbons (Fsp3) is 0.840. The highest BCUT2D eigenvalue weighted by Crippen LogP contribution is 2.64. The quantitative estimate of drug-likeness (QED) is 0.210. The highest BCUT2D eigenvalue weighted by Gasteiger charge is 2.61. The van der Waals surface area contributed by atoms with Gasteiger partial charge in [-0.25, -0.2) is 0 Å². The van der Waals surface area contributed by atoms with Crippen LogP contribution in [0.2, 0.25) is 0 Å². The Bertz CT molecular complexity index is 849. The molecule has 5 saturated carbocycles. The van der Waals surface area contributed by atoms with E-state index < -0.39 is 5.60 Å². The van der Waals surface area contributed by atoms with Gasteiger partial charge in [-0.3, -0.25) is 14.6 Å². The number of carbonyl (C=O) groups excluding carboxylic acids is 2. The zero-order valence-corrected chi connectivity index (χ0v) is 20.4. The van der Waals surface area contributed by atoms with Crippen molar-refractivity contribution < 1.29 is 14.3 Å². The number of likely N-dealkylation sites (tertiary alicyclic amines) is 1. The number of nitrogens with zero attached hydrogens (tertiary/aromatic N) is 3. The zero-order valence-electron chi connectivity index (χ0n) is 20.4. The lowest BCUT2D eigenvalue weighted by molar-refractivity contribution is -0.203. The van der Waals surface area contributed by atoms with Gasteiger partial charge >= 0.3 is 5.97 Å². The second kappa shape index (κ2) is 9.73. The van der Waals surface area contributed by atoms with Crippen LogP contribution in [0.4, 0.5) is 0 Å². The Morgan fingerprint density at radius 2 is 1.79 bits per heavy atom. The number of hydrogen-bond acceptors (Lipinski definition) is 6. The molecular weight excluding hydrogens is 432 g/mol. The third-order valence-corrected chi connectivity index (χ3v) is 8.61. The average molecular weight is 473 g/mol. The largest absolute Gasteiger partial charge is 0.459 e. The number of guanidine groups is 1. The molecule has 1 aliphatic heterocycles. The molecule has 0 spiro atoms. The van der Waals surface area contributed by atoms with Gasteiger partial charge in [0.15, 0.2) is 5.96 Å². The molecule has 188 valence electrons. The van der Waals surface area contributed by atoms with Crippen LogP contribution in [0.3, 0.4) is 0 Å². The van der Waals surface area contributed by atoms with Crippen molar-refractivity contribution in [2.24, 2.45) is 45.4 Å². The molecule has 0 aromatic heterocycles. The maximum absolute atomic E-state index is 13.4. The first kappa shape index (κ1) is 24.8. The van der Waals surface area contributed by atoms with E-state index in [1.54, 1.807) is 0 Å². The highest BCUT2D eigenvalue weighted by atomic mass is 16.6. The SMILES string of the molecule is CN.N#CC1CC2CC2N1C(=O)CC12CC3CC(C1)CC(OC(=O)CCCCN=C(N)N)(C3)C2. The molecule has 6 aliphatic rings. The molecule has 5 aliphatic carbocycles. The standard InChI is InChI=1S/C24H35N5O3.CH5N/c25-13-18-6-17-7-19(17)29(18)20(30)12-23-8-15-5-16(9-23)11-24(10-15,14-23)32-21(31)3-1-2-4-28-22(26)27;1-2/h15-19H,1-12,14H2,(H4,26,27,28);2H2,1H3. The van der Waals surface area contributed by atoms with E-state index in [1.165, 1.54) is 13.5 Å². The Labute approximate surface area is 202 Å². The number of nitriles is 1. The van der Waals surface area contributed by atoms with Gasteiger partial charge in [-0.15, -0.1) is 0 Å². The molecule has 6 rings (SSSR count). The second-order valence-electron chi connectivity index (χ2n) is 11.3. The number of piperidine rings is 1. The van der Waals surface area contributed by atoms with Crippen molar-refractivity contribution in [3.63, 3.8) is 0 Å². The molecule has 0 aromatic carbocycles. The van der Waals surface area contributed by atoms with E-state index in [2.05, 4.69) is 16.8 Å². The van der Waals surface area contributed by atoms with E-state index in [4.69, 9.17) is 16.2 Å². The number of hydrogen-bond donors (Lipinski definition) is 3. The predicted octanol–water partition coefficient (Wildman–Crippen LogP) is 1.79. The Morgan fingerprint density at radius 1 is 1.09 bits per heavy atom. The van der Waals surface area contributed by atoms with Gasteiger partial charge in [0, 0.05) is 25.4 Å². The van der Waals surface area contributed by atoms with Crippen LogP contribution in [-0.4, -0.2) is 54.0 Å². The first-order valence-electron chi connectivity index (χ1n) is 12.9. The van der Waals surface area contributed by atoms with Gasteiger partial charge in [0.05, 0.1) is 6.07 Å². The summed E-state index contributed by atoms with van der Waals surface area (Å²) < 4.78 is 6.18. The first-order chi connectivity index (χ1) is 16.3. The molecule has 1 amide bonds. The highest BCUT2D eigenvalue weighted by molar-refractivity contribution is 5.79. The van der Waals surface area contributed by atoms with Crippen molar-refractivity contribution >= 4 is 17.8 Å². The van der Waals surface area contributed by atoms with E-state index in [-0.39, 0.29) is 29.3 Å².